The molecule has 2 heterocycles. The third kappa shape index (κ3) is 5.00. The molecule has 1 fully saturated rings. The van der Waals surface area contributed by atoms with Crippen molar-refractivity contribution in [3.05, 3.63) is 59.3 Å². The Bertz CT molecular complexity index is 1420. The number of hydrogen-bond donors (Lipinski definition) is 4. The number of fused-ring (bicyclic) bond motifs is 2. The molecular formula is C28H29N5O4. The minimum Gasteiger partial charge on any atom is -0.496 e. The summed E-state index contributed by atoms with van der Waals surface area (Å²) in [5.41, 5.74) is 3.63. The first-order valence-corrected chi connectivity index (χ1v) is 12.4. The molecule has 4 N–H and O–H groups in total. The molecule has 2 aliphatic rings. The first-order valence-electron chi connectivity index (χ1n) is 12.4. The van der Waals surface area contributed by atoms with Gasteiger partial charge in [0, 0.05) is 16.6 Å². The van der Waals surface area contributed by atoms with Crippen LogP contribution in [0.5, 0.6) is 5.75 Å². The predicted molar refractivity (Wildman–Crippen MR) is 138 cm³/mol. The number of aromatic amines is 1. The highest BCUT2D eigenvalue weighted by atomic mass is 16.5. The molecule has 3 amide bonds. The summed E-state index contributed by atoms with van der Waals surface area (Å²) in [6.07, 6.45) is 2.65. The summed E-state index contributed by atoms with van der Waals surface area (Å²) in [4.78, 5) is 42.1. The Balaban J connectivity index is 1.29. The molecular weight excluding hydrogens is 470 g/mol. The Hall–Kier alpha value is -4.32. The van der Waals surface area contributed by atoms with Crippen molar-refractivity contribution in [1.29, 1.82) is 5.26 Å². The standard InChI is InChI=1S/C28H29N5O4/c1-15-5-3-6-18-19(26(34)33-25(15)18)12-17(14-29)30-27(35)22(11-16-9-10-16)32-28(36)23-13-20-21(31-23)7-4-8-24(20)37-2/h3-8,13,16-17,19,22,31H,9-12H2,1-2H3,(H,30,35)(H,32,36)(H,33,34). The molecule has 0 radical (unpaired) electrons. The van der Waals surface area contributed by atoms with Gasteiger partial charge >= 0.3 is 0 Å². The number of aryl methyl sites for hydroxylation is 1. The number of hydrogen-bond acceptors (Lipinski definition) is 5. The Labute approximate surface area is 214 Å². The Morgan fingerprint density at radius 2 is 1.95 bits per heavy atom. The van der Waals surface area contributed by atoms with Gasteiger partial charge in [0.15, 0.2) is 0 Å². The second-order valence-corrected chi connectivity index (χ2v) is 9.82. The van der Waals surface area contributed by atoms with Crippen LogP contribution in [0.2, 0.25) is 0 Å². The summed E-state index contributed by atoms with van der Waals surface area (Å²) in [5, 5.41) is 19.1. The molecule has 190 valence electrons. The number of ether oxygens (including phenoxy) is 1. The van der Waals surface area contributed by atoms with E-state index in [1.807, 2.05) is 43.3 Å². The fraction of sp³-hybridized carbons (Fsp3) is 0.357. The van der Waals surface area contributed by atoms with Gasteiger partial charge in [-0.25, -0.2) is 0 Å². The number of aromatic nitrogens is 1. The number of anilines is 1. The van der Waals surface area contributed by atoms with Crippen LogP contribution < -0.4 is 20.7 Å². The van der Waals surface area contributed by atoms with E-state index in [0.717, 1.165) is 40.6 Å². The molecule has 3 aromatic rings. The van der Waals surface area contributed by atoms with Gasteiger partial charge in [-0.15, -0.1) is 0 Å². The second kappa shape index (κ2) is 9.97. The van der Waals surface area contributed by atoms with Crippen molar-refractivity contribution < 1.29 is 19.1 Å². The van der Waals surface area contributed by atoms with Crippen LogP contribution in [0.25, 0.3) is 10.9 Å². The molecule has 37 heavy (non-hydrogen) atoms. The maximum Gasteiger partial charge on any atom is 0.268 e. The summed E-state index contributed by atoms with van der Waals surface area (Å²) < 4.78 is 5.37. The van der Waals surface area contributed by atoms with Crippen molar-refractivity contribution in [3.63, 3.8) is 0 Å². The molecule has 5 rings (SSSR count). The largest absolute Gasteiger partial charge is 0.496 e. The average molecular weight is 500 g/mol. The number of H-pyrrole nitrogens is 1. The molecule has 9 nitrogen and oxygen atoms in total. The third-order valence-corrected chi connectivity index (χ3v) is 7.17. The first kappa shape index (κ1) is 24.4. The molecule has 0 saturated heterocycles. The van der Waals surface area contributed by atoms with Gasteiger partial charge in [0.1, 0.15) is 23.5 Å². The normalized spacial score (nSPS) is 17.9. The minimum absolute atomic E-state index is 0.149. The zero-order chi connectivity index (χ0) is 26.1. The van der Waals surface area contributed by atoms with E-state index in [-0.39, 0.29) is 12.3 Å². The maximum atomic E-state index is 13.3. The molecule has 9 heteroatoms. The van der Waals surface area contributed by atoms with Crippen LogP contribution in [0.15, 0.2) is 42.5 Å². The lowest BCUT2D eigenvalue weighted by molar-refractivity contribution is -0.124. The number of carbonyl (C=O) groups excluding carboxylic acids is 3. The van der Waals surface area contributed by atoms with Crippen LogP contribution in [0.3, 0.4) is 0 Å². The van der Waals surface area contributed by atoms with E-state index < -0.39 is 29.8 Å². The highest BCUT2D eigenvalue weighted by Gasteiger charge is 2.36. The topological polar surface area (TPSA) is 136 Å². The predicted octanol–water partition coefficient (Wildman–Crippen LogP) is 3.52. The van der Waals surface area contributed by atoms with Gasteiger partial charge in [0.2, 0.25) is 11.8 Å². The molecule has 1 aromatic heterocycles. The van der Waals surface area contributed by atoms with Crippen LogP contribution in [-0.4, -0.2) is 41.9 Å². The Morgan fingerprint density at radius 1 is 1.16 bits per heavy atom. The van der Waals surface area contributed by atoms with E-state index in [9.17, 15) is 19.6 Å². The number of amides is 3. The summed E-state index contributed by atoms with van der Waals surface area (Å²) in [7, 11) is 1.57. The van der Waals surface area contributed by atoms with Gasteiger partial charge in [0.05, 0.1) is 19.1 Å². The van der Waals surface area contributed by atoms with Crippen molar-refractivity contribution in [2.45, 2.75) is 50.6 Å². The monoisotopic (exact) mass is 499 g/mol. The molecule has 2 aromatic carbocycles. The zero-order valence-electron chi connectivity index (χ0n) is 20.8. The summed E-state index contributed by atoms with van der Waals surface area (Å²) >= 11 is 0. The highest BCUT2D eigenvalue weighted by Crippen LogP contribution is 2.37. The van der Waals surface area contributed by atoms with Crippen LogP contribution in [-0.2, 0) is 9.59 Å². The number of nitrogens with one attached hydrogen (secondary N) is 4. The highest BCUT2D eigenvalue weighted by molar-refractivity contribution is 6.04. The lowest BCUT2D eigenvalue weighted by Gasteiger charge is -2.21. The zero-order valence-corrected chi connectivity index (χ0v) is 20.8. The van der Waals surface area contributed by atoms with Crippen LogP contribution in [0.4, 0.5) is 5.69 Å². The molecule has 0 spiro atoms. The summed E-state index contributed by atoms with van der Waals surface area (Å²) in [6.45, 7) is 1.92. The van der Waals surface area contributed by atoms with Crippen molar-refractivity contribution in [2.24, 2.45) is 5.92 Å². The number of nitriles is 1. The molecule has 0 bridgehead atoms. The van der Waals surface area contributed by atoms with Gasteiger partial charge < -0.3 is 25.7 Å². The Morgan fingerprint density at radius 3 is 2.68 bits per heavy atom. The van der Waals surface area contributed by atoms with Gasteiger partial charge in [-0.3, -0.25) is 14.4 Å². The van der Waals surface area contributed by atoms with E-state index in [1.54, 1.807) is 13.2 Å². The van der Waals surface area contributed by atoms with E-state index in [2.05, 4.69) is 27.0 Å². The van der Waals surface area contributed by atoms with Crippen molar-refractivity contribution in [1.82, 2.24) is 15.6 Å². The van der Waals surface area contributed by atoms with Crippen molar-refractivity contribution in [3.8, 4) is 11.8 Å². The van der Waals surface area contributed by atoms with Crippen LogP contribution >= 0.6 is 0 Å². The van der Waals surface area contributed by atoms with Crippen molar-refractivity contribution in [2.75, 3.05) is 12.4 Å². The lowest BCUT2D eigenvalue weighted by atomic mass is 9.92. The van der Waals surface area contributed by atoms with Crippen LogP contribution in [0.1, 0.15) is 53.2 Å². The van der Waals surface area contributed by atoms with Crippen LogP contribution in [0, 0.1) is 24.2 Å². The van der Waals surface area contributed by atoms with Gasteiger partial charge in [-0.2, -0.15) is 5.26 Å². The van der Waals surface area contributed by atoms with E-state index in [1.165, 1.54) is 0 Å². The third-order valence-electron chi connectivity index (χ3n) is 7.17. The number of para-hydroxylation sites is 1. The fourth-order valence-corrected chi connectivity index (χ4v) is 4.97. The molecule has 1 aliphatic carbocycles. The number of carbonyl (C=O) groups is 3. The van der Waals surface area contributed by atoms with Crippen molar-refractivity contribution >= 4 is 34.3 Å². The van der Waals surface area contributed by atoms with Gasteiger partial charge in [0.25, 0.3) is 5.91 Å². The Kier molecular flexibility index (Phi) is 6.57. The summed E-state index contributed by atoms with van der Waals surface area (Å²) in [6, 6.07) is 13.3. The quantitative estimate of drug-likeness (QED) is 0.357. The van der Waals surface area contributed by atoms with Gasteiger partial charge in [-0.05, 0) is 55.0 Å². The minimum atomic E-state index is -0.884. The van der Waals surface area contributed by atoms with E-state index in [0.29, 0.717) is 23.8 Å². The lowest BCUT2D eigenvalue weighted by Crippen LogP contribution is -2.50. The van der Waals surface area contributed by atoms with E-state index in [4.69, 9.17) is 4.74 Å². The smallest absolute Gasteiger partial charge is 0.268 e. The number of nitrogens with zero attached hydrogens (tertiary/aromatic N) is 1. The molecule has 1 saturated carbocycles. The summed E-state index contributed by atoms with van der Waals surface area (Å²) in [5.74, 6) is -0.552. The molecule has 3 atom stereocenters. The first-order chi connectivity index (χ1) is 17.9. The second-order valence-electron chi connectivity index (χ2n) is 9.82. The van der Waals surface area contributed by atoms with Gasteiger partial charge in [-0.1, -0.05) is 37.1 Å². The molecule has 1 aliphatic heterocycles. The number of methoxy groups -OCH3 is 1. The average Bonchev–Trinajstić information content (AvgIpc) is 3.50. The fourth-order valence-electron chi connectivity index (χ4n) is 4.97. The maximum absolute atomic E-state index is 13.3. The SMILES string of the molecule is COc1cccc2[nH]c(C(=O)NC(CC3CC3)C(=O)NC(C#N)CC3C(=O)Nc4c(C)cccc43)cc12. The van der Waals surface area contributed by atoms with E-state index >= 15 is 0 Å². The number of benzene rings is 2. The molecule has 3 unspecified atom stereocenters. The number of rotatable bonds is 9.